The molecule has 0 aromatic carbocycles. The molecule has 0 aliphatic carbocycles. The van der Waals surface area contributed by atoms with E-state index in [4.69, 9.17) is 37.7 Å². The summed E-state index contributed by atoms with van der Waals surface area (Å²) in [6.07, 6.45) is 42.9. The number of hydrogen-bond acceptors (Lipinski definition) is 20. The number of rotatable bonds is 84. The molecule has 0 aromatic rings. The molecule has 0 radical (unpaired) electrons. The molecule has 0 bridgehead atoms. The van der Waals surface area contributed by atoms with Crippen LogP contribution in [0.15, 0.2) is 0 Å². The minimum Gasteiger partial charge on any atom is -0.462 e. The average Bonchev–Trinajstić information content (AvgIpc) is 0.783. The number of nitrogens with one attached hydrogen (secondary N) is 2. The summed E-state index contributed by atoms with van der Waals surface area (Å²) in [5.74, 6) is -4.30. The zero-order chi connectivity index (χ0) is 87.7. The number of carbonyl (C=O) groups is 6. The van der Waals surface area contributed by atoms with Crippen LogP contribution in [0.25, 0.3) is 0 Å². The van der Waals surface area contributed by atoms with Crippen LogP contribution in [0.2, 0.25) is 0 Å². The maximum atomic E-state index is 15.1. The highest BCUT2D eigenvalue weighted by Crippen LogP contribution is 2.35. The molecular weight excluding hydrogens is 1550 g/mol. The van der Waals surface area contributed by atoms with E-state index in [0.717, 1.165) is 180 Å². The lowest BCUT2D eigenvalue weighted by Crippen LogP contribution is -2.67. The Balaban J connectivity index is 2.70. The molecule has 0 spiro atoms. The van der Waals surface area contributed by atoms with Crippen molar-refractivity contribution in [3.63, 3.8) is 0 Å². The van der Waals surface area contributed by atoms with Crippen molar-refractivity contribution in [1.29, 1.82) is 0 Å². The Kier molecular flexibility index (Phi) is 73.2. The summed E-state index contributed by atoms with van der Waals surface area (Å²) < 4.78 is 62.2. The number of ether oxygens (including phenoxy) is 7. The van der Waals surface area contributed by atoms with E-state index in [-0.39, 0.29) is 19.3 Å². The van der Waals surface area contributed by atoms with Gasteiger partial charge in [0, 0.05) is 12.8 Å². The molecule has 5 unspecified atom stereocenters. The number of hydrogen-bond donors (Lipinski definition) is 8. The lowest BCUT2D eigenvalue weighted by Gasteiger charge is -2.46. The first kappa shape index (κ1) is 113. The predicted molar refractivity (Wildman–Crippen MR) is 478 cm³/mol. The van der Waals surface area contributed by atoms with Crippen LogP contribution in [0.4, 0.5) is 0 Å². The van der Waals surface area contributed by atoms with Crippen molar-refractivity contribution in [1.82, 2.24) is 10.6 Å². The topological polar surface area (TPSA) is 339 Å². The summed E-state index contributed by atoms with van der Waals surface area (Å²) in [5.41, 5.74) is 0. The van der Waals surface area contributed by atoms with Gasteiger partial charge in [-0.1, -0.05) is 388 Å². The van der Waals surface area contributed by atoms with E-state index in [1.807, 2.05) is 0 Å². The van der Waals surface area contributed by atoms with Gasteiger partial charge < -0.3 is 78.7 Å². The molecule has 706 valence electrons. The van der Waals surface area contributed by atoms with Gasteiger partial charge in [-0.3, -0.25) is 33.3 Å². The second-order valence-electron chi connectivity index (χ2n) is 35.4. The molecule has 120 heavy (non-hydrogen) atoms. The number of carbonyl (C=O) groups excluding carboxylic acids is 6. The minimum atomic E-state index is -3.98. The van der Waals surface area contributed by atoms with E-state index in [9.17, 15) is 59.0 Å². The predicted octanol–water partition coefficient (Wildman–Crippen LogP) is 21.6. The highest BCUT2D eigenvalue weighted by molar-refractivity contribution is 7.32. The third kappa shape index (κ3) is 59.6. The summed E-state index contributed by atoms with van der Waals surface area (Å²) in [6, 6.07) is -3.32. The lowest BCUT2D eigenvalue weighted by molar-refractivity contribution is -0.298. The Morgan fingerprint density at radius 1 is 0.350 bits per heavy atom. The Morgan fingerprint density at radius 2 is 0.658 bits per heavy atom. The van der Waals surface area contributed by atoms with Gasteiger partial charge in [-0.15, -0.1) is 0 Å². The van der Waals surface area contributed by atoms with Crippen LogP contribution in [0.3, 0.4) is 0 Å². The first-order chi connectivity index (χ1) is 58.3. The Labute approximate surface area is 729 Å². The maximum Gasteiger partial charge on any atom is 0.317 e. The number of aliphatic hydroxyl groups excluding tert-OH is 5. The van der Waals surface area contributed by atoms with E-state index < -0.39 is 162 Å². The minimum absolute atomic E-state index is 0.141. The molecule has 2 amide bonds. The van der Waals surface area contributed by atoms with Gasteiger partial charge >= 0.3 is 32.1 Å². The van der Waals surface area contributed by atoms with Crippen LogP contribution in [0, 0.1) is 0 Å². The smallest absolute Gasteiger partial charge is 0.317 e. The molecule has 0 saturated carbocycles. The Hall–Kier alpha value is -3.35. The first-order valence-electron chi connectivity index (χ1n) is 49.9. The SMILES string of the molecule is CCCCCCCCCCCCCC(=O)O[C@H](CCCCCCCCCCC)CC(=O)N[C@H]1C(OC(=O)C[C@@H](CCCCCCCCCCC)OC(=O)CCCCCCCCCCCCC)[C@H](O[PH](=O)O)C(CO)O[C@H]1OCC1O[C@H](O)C(NC(=O)C[C@H](O)CCCCCCCCCCC)[C@@H](OC(=O)C[C@H](O)CCCCCCCCCCC)[C@@H]1O. The van der Waals surface area contributed by atoms with Gasteiger partial charge in [-0.2, -0.15) is 0 Å². The molecule has 23 nitrogen and oxygen atoms in total. The van der Waals surface area contributed by atoms with Crippen molar-refractivity contribution in [2.24, 2.45) is 0 Å². The molecule has 2 rings (SSSR count). The standard InChI is InChI=1S/C96H181N2O21P/c1-7-13-19-25-31-37-39-45-51-57-63-69-85(104)113-79(67-61-55-49-43-35-29-23-17-11-5)73-84(103)98-90-94(118-88(107)74-80(68-62-56-50-44-36-30-24-18-12-6)114-86(105)70-64-58-52-46-40-38-32-26-20-14-8-2)92(119-120(110)111)81(75-99)116-96(90)112-76-82-91(108)93(117-87(106)72-78(101)66-60-54-48-42-34-28-22-16-10-4)89(95(109)115-82)97-83(102)71-77(100)65-59-53-47-41-33-27-21-15-9-3/h77-82,89-96,99-101,108-109,120H,7-76H2,1-6H3,(H,97,102)(H,98,103)(H,110,111)/t77-,78-,79-,80-,81?,82?,89?,90+,91-,92-,93-,94?,95+,96-/m1/s1. The van der Waals surface area contributed by atoms with E-state index >= 15 is 4.79 Å². The van der Waals surface area contributed by atoms with Gasteiger partial charge in [0.15, 0.2) is 24.8 Å². The van der Waals surface area contributed by atoms with Gasteiger partial charge in [-0.05, 0) is 51.4 Å². The maximum absolute atomic E-state index is 15.1. The second-order valence-corrected chi connectivity index (χ2v) is 36.2. The summed E-state index contributed by atoms with van der Waals surface area (Å²) >= 11 is 0. The van der Waals surface area contributed by atoms with Crippen LogP contribution >= 0.6 is 8.25 Å². The van der Waals surface area contributed by atoms with Crippen molar-refractivity contribution < 1.29 is 101 Å². The van der Waals surface area contributed by atoms with Gasteiger partial charge in [0.2, 0.25) is 11.8 Å². The lowest BCUT2D eigenvalue weighted by atomic mass is 9.95. The van der Waals surface area contributed by atoms with Crippen LogP contribution in [0.1, 0.15) is 478 Å². The number of unbranched alkanes of at least 4 members (excludes halogenated alkanes) is 52. The molecule has 8 N–H and O–H groups in total. The zero-order valence-electron chi connectivity index (χ0n) is 76.9. The van der Waals surface area contributed by atoms with Crippen LogP contribution in [-0.2, 0) is 71.0 Å². The van der Waals surface area contributed by atoms with Crippen LogP contribution in [-0.4, -0.2) is 165 Å². The number of esters is 4. The van der Waals surface area contributed by atoms with Crippen LogP contribution in [0.5, 0.6) is 0 Å². The molecule has 2 aliphatic heterocycles. The highest BCUT2D eigenvalue weighted by Gasteiger charge is 2.53. The van der Waals surface area contributed by atoms with Crippen molar-refractivity contribution >= 4 is 43.9 Å². The average molecular weight is 1730 g/mol. The molecule has 2 fully saturated rings. The number of amides is 2. The summed E-state index contributed by atoms with van der Waals surface area (Å²) in [4.78, 5) is 96.2. The number of aliphatic hydroxyl groups is 5. The third-order valence-corrected chi connectivity index (χ3v) is 24.6. The molecular formula is C96H181N2O21P. The van der Waals surface area contributed by atoms with Crippen LogP contribution < -0.4 is 10.6 Å². The van der Waals surface area contributed by atoms with E-state index in [1.54, 1.807) is 0 Å². The molecule has 0 aromatic heterocycles. The molecule has 15 atom stereocenters. The second kappa shape index (κ2) is 77.9. The van der Waals surface area contributed by atoms with Gasteiger partial charge in [0.25, 0.3) is 0 Å². The largest absolute Gasteiger partial charge is 0.462 e. The molecule has 24 heteroatoms. The first-order valence-corrected chi connectivity index (χ1v) is 51.1. The van der Waals surface area contributed by atoms with Crippen molar-refractivity contribution in [3.05, 3.63) is 0 Å². The molecule has 2 heterocycles. The van der Waals surface area contributed by atoms with E-state index in [2.05, 4.69) is 52.2 Å². The fourth-order valence-electron chi connectivity index (χ4n) is 16.7. The quantitative estimate of drug-likeness (QED) is 0.0121. The molecule has 2 aliphatic rings. The van der Waals surface area contributed by atoms with E-state index in [0.29, 0.717) is 64.2 Å². The van der Waals surface area contributed by atoms with Crippen molar-refractivity contribution in [2.75, 3.05) is 13.2 Å². The Morgan fingerprint density at radius 3 is 1.02 bits per heavy atom. The van der Waals surface area contributed by atoms with E-state index in [1.165, 1.54) is 154 Å². The fourth-order valence-corrected chi connectivity index (χ4v) is 17.2. The fraction of sp³-hybridized carbons (Fsp3) is 0.938. The van der Waals surface area contributed by atoms with Gasteiger partial charge in [-0.25, -0.2) is 0 Å². The molecule has 2 saturated heterocycles. The zero-order valence-corrected chi connectivity index (χ0v) is 77.9. The van der Waals surface area contributed by atoms with Gasteiger partial charge in [0.1, 0.15) is 48.7 Å². The van der Waals surface area contributed by atoms with Crippen molar-refractivity contribution in [3.8, 4) is 0 Å². The summed E-state index contributed by atoms with van der Waals surface area (Å²) in [7, 11) is -3.98. The van der Waals surface area contributed by atoms with Gasteiger partial charge in [0.05, 0.1) is 51.1 Å². The summed E-state index contributed by atoms with van der Waals surface area (Å²) in [6.45, 7) is 11.5. The van der Waals surface area contributed by atoms with Crippen molar-refractivity contribution in [2.45, 2.75) is 564 Å². The highest BCUT2D eigenvalue weighted by atomic mass is 31.1. The normalized spacial score (nSPS) is 20.6. The summed E-state index contributed by atoms with van der Waals surface area (Å²) in [5, 5.41) is 63.4. The monoisotopic (exact) mass is 1730 g/mol. The Bertz CT molecular complexity index is 2490. The third-order valence-electron chi connectivity index (χ3n) is 24.1.